The Morgan fingerprint density at radius 1 is 0.970 bits per heavy atom. The molecule has 2 aliphatic heterocycles. The Morgan fingerprint density at radius 3 is 1.94 bits per heavy atom. The number of alkyl halides is 2. The van der Waals surface area contributed by atoms with E-state index in [0.29, 0.717) is 0 Å². The monoisotopic (exact) mass is 623 g/mol. The van der Waals surface area contributed by atoms with E-state index in [4.69, 9.17) is 18.6 Å². The van der Waals surface area contributed by atoms with Crippen molar-refractivity contribution < 1.29 is 36.4 Å². The van der Waals surface area contributed by atoms with Crippen LogP contribution in [0.1, 0.15) is 13.8 Å². The third-order valence-corrected chi connectivity index (χ3v) is 11.8. The first kappa shape index (κ1) is 24.7. The molecule has 0 bridgehead atoms. The van der Waals surface area contributed by atoms with Crippen LogP contribution >= 0.6 is 39.7 Å². The first-order valence-corrected chi connectivity index (χ1v) is 14.3. The van der Waals surface area contributed by atoms with Gasteiger partial charge in [-0.15, -0.1) is 4.67 Å². The van der Waals surface area contributed by atoms with E-state index in [2.05, 4.69) is 31.9 Å². The molecule has 2 fully saturated rings. The fraction of sp³-hybridized carbons (Fsp3) is 0.350. The number of para-hydroxylation sites is 2. The molecule has 2 aromatic rings. The van der Waals surface area contributed by atoms with E-state index >= 15 is 0 Å². The van der Waals surface area contributed by atoms with Crippen LogP contribution in [0.25, 0.3) is 0 Å². The number of fused-ring (bicyclic) bond motifs is 1. The Kier molecular flexibility index (Phi) is 6.48. The summed E-state index contributed by atoms with van der Waals surface area (Å²) < 4.78 is 52.7. The topological polar surface area (TPSA) is 108 Å². The maximum absolute atomic E-state index is 13.3. The minimum absolute atomic E-state index is 0.213. The number of benzene rings is 2. The highest BCUT2D eigenvalue weighted by Gasteiger charge is 2.75. The summed E-state index contributed by atoms with van der Waals surface area (Å²) in [6.07, 6.45) is 0. The molecule has 13 heteroatoms. The Bertz CT molecular complexity index is 1150. The molecule has 178 valence electrons. The number of amides is 1. The molecule has 33 heavy (non-hydrogen) atoms. The summed E-state index contributed by atoms with van der Waals surface area (Å²) in [5, 5.41) is -1.12. The summed E-state index contributed by atoms with van der Waals surface area (Å²) in [5.41, 5.74) is 0. The standard InChI is InChI=1S/C20H20Br2NO8PS/c1-19(2)16(23-17(24)20(21,22)18(23)33(19,26)27)13-28-31-32(25,29-14-9-5-3-6-10-14)30-15-11-7-4-8-12-15/h3-12,16,18H,13H2,1-2H3/t16-,18-/m0/s1. The summed E-state index contributed by atoms with van der Waals surface area (Å²) in [6, 6.07) is 15.6. The Balaban J connectivity index is 1.52. The number of carbonyl (C=O) groups excluding carboxylic acids is 1. The molecule has 0 aromatic heterocycles. The number of phosphoric ester groups is 1. The number of carbonyl (C=O) groups is 1. The fourth-order valence-corrected chi connectivity index (χ4v) is 9.21. The molecule has 0 radical (unpaired) electrons. The molecule has 2 saturated heterocycles. The van der Waals surface area contributed by atoms with Gasteiger partial charge in [0.1, 0.15) is 18.1 Å². The van der Waals surface area contributed by atoms with Gasteiger partial charge in [-0.2, -0.15) is 0 Å². The third kappa shape index (κ3) is 4.26. The Hall–Kier alpha value is -1.43. The first-order valence-electron chi connectivity index (χ1n) is 9.75. The molecule has 2 atom stereocenters. The highest BCUT2D eigenvalue weighted by molar-refractivity contribution is 9.26. The second-order valence-corrected chi connectivity index (χ2v) is 15.5. The second kappa shape index (κ2) is 8.66. The van der Waals surface area contributed by atoms with E-state index in [9.17, 15) is 17.8 Å². The molecule has 9 nitrogen and oxygen atoms in total. The second-order valence-electron chi connectivity index (χ2n) is 7.97. The molecule has 4 rings (SSSR count). The molecule has 0 spiro atoms. The van der Waals surface area contributed by atoms with Crippen LogP contribution in [-0.4, -0.2) is 45.2 Å². The van der Waals surface area contributed by atoms with Crippen LogP contribution < -0.4 is 9.05 Å². The Labute approximate surface area is 208 Å². The lowest BCUT2D eigenvalue weighted by Crippen LogP contribution is -2.69. The van der Waals surface area contributed by atoms with Gasteiger partial charge in [-0.05, 0) is 38.1 Å². The zero-order valence-electron chi connectivity index (χ0n) is 17.5. The highest BCUT2D eigenvalue weighted by Crippen LogP contribution is 2.57. The molecule has 2 aliphatic rings. The van der Waals surface area contributed by atoms with Gasteiger partial charge in [-0.3, -0.25) is 4.79 Å². The number of rotatable bonds is 8. The predicted octanol–water partition coefficient (Wildman–Crippen LogP) is 4.43. The van der Waals surface area contributed by atoms with Crippen molar-refractivity contribution in [1.82, 2.24) is 4.90 Å². The quantitative estimate of drug-likeness (QED) is 0.140. The zero-order chi connectivity index (χ0) is 24.1. The van der Waals surface area contributed by atoms with Gasteiger partial charge in [0.05, 0.1) is 10.8 Å². The first-order chi connectivity index (χ1) is 15.4. The summed E-state index contributed by atoms with van der Waals surface area (Å²) in [4.78, 5) is 19.0. The van der Waals surface area contributed by atoms with Crippen molar-refractivity contribution in [3.8, 4) is 11.5 Å². The van der Waals surface area contributed by atoms with E-state index in [0.717, 1.165) is 0 Å². The smallest absolute Gasteiger partial charge is 0.394 e. The average molecular weight is 625 g/mol. The van der Waals surface area contributed by atoms with E-state index in [-0.39, 0.29) is 18.1 Å². The van der Waals surface area contributed by atoms with E-state index in [1.165, 1.54) is 18.7 Å². The van der Waals surface area contributed by atoms with Gasteiger partial charge >= 0.3 is 7.82 Å². The summed E-state index contributed by atoms with van der Waals surface area (Å²) in [7, 11) is -8.12. The number of hydrogen-bond acceptors (Lipinski definition) is 8. The minimum Gasteiger partial charge on any atom is -0.394 e. The van der Waals surface area contributed by atoms with Crippen molar-refractivity contribution >= 4 is 55.4 Å². The van der Waals surface area contributed by atoms with Crippen LogP contribution in [0.15, 0.2) is 60.7 Å². The van der Waals surface area contributed by atoms with Gasteiger partial charge in [0.2, 0.25) is 0 Å². The molecular weight excluding hydrogens is 605 g/mol. The van der Waals surface area contributed by atoms with Crippen LogP contribution in [0.2, 0.25) is 0 Å². The number of hydrogen-bond donors (Lipinski definition) is 0. The molecule has 0 aliphatic carbocycles. The van der Waals surface area contributed by atoms with Crippen molar-refractivity contribution in [2.24, 2.45) is 0 Å². The van der Waals surface area contributed by atoms with Crippen molar-refractivity contribution in [3.05, 3.63) is 60.7 Å². The molecule has 2 heterocycles. The largest absolute Gasteiger partial charge is 0.615 e. The van der Waals surface area contributed by atoms with Crippen LogP contribution in [0, 0.1) is 0 Å². The lowest BCUT2D eigenvalue weighted by Gasteiger charge is -2.46. The van der Waals surface area contributed by atoms with Crippen molar-refractivity contribution in [3.63, 3.8) is 0 Å². The van der Waals surface area contributed by atoms with Gasteiger partial charge in [0.15, 0.2) is 18.4 Å². The molecular formula is C20H20Br2NO8PS. The number of β-lactam (4-membered cyclic amide) rings is 1. The number of halogens is 2. The van der Waals surface area contributed by atoms with Gasteiger partial charge in [0, 0.05) is 0 Å². The SMILES string of the molecule is CC1(C)[C@H](COOP(=O)(Oc2ccccc2)Oc2ccccc2)N2C(=O)C(Br)(Br)[C@@H]2S1(=O)=O. The molecule has 0 N–H and O–H groups in total. The molecule has 2 aromatic carbocycles. The summed E-state index contributed by atoms with van der Waals surface area (Å²) in [6.45, 7) is 2.61. The maximum Gasteiger partial charge on any atom is 0.615 e. The van der Waals surface area contributed by atoms with Crippen molar-refractivity contribution in [2.75, 3.05) is 6.61 Å². The van der Waals surface area contributed by atoms with Crippen LogP contribution in [0.3, 0.4) is 0 Å². The van der Waals surface area contributed by atoms with Gasteiger partial charge in [-0.25, -0.2) is 17.9 Å². The summed E-state index contributed by atoms with van der Waals surface area (Å²) in [5.74, 6) is -0.0320. The van der Waals surface area contributed by atoms with Crippen LogP contribution in [-0.2, 0) is 28.8 Å². The zero-order valence-corrected chi connectivity index (χ0v) is 22.3. The minimum atomic E-state index is -4.35. The van der Waals surface area contributed by atoms with E-state index < -0.39 is 43.0 Å². The third-order valence-electron chi connectivity index (χ3n) is 5.54. The number of sulfone groups is 1. The maximum atomic E-state index is 13.3. The summed E-state index contributed by atoms with van der Waals surface area (Å²) >= 11 is 6.31. The van der Waals surface area contributed by atoms with Crippen LogP contribution in [0.5, 0.6) is 11.5 Å². The molecule has 0 unspecified atom stereocenters. The lowest BCUT2D eigenvalue weighted by molar-refractivity contribution is -0.232. The Morgan fingerprint density at radius 2 is 1.45 bits per heavy atom. The number of phosphoric acid groups is 1. The molecule has 0 saturated carbocycles. The fourth-order valence-electron chi connectivity index (χ4n) is 3.66. The number of nitrogens with zero attached hydrogens (tertiary/aromatic N) is 1. The molecule has 1 amide bonds. The average Bonchev–Trinajstić information content (AvgIpc) is 2.90. The lowest BCUT2D eigenvalue weighted by atomic mass is 9.99. The predicted molar refractivity (Wildman–Crippen MR) is 127 cm³/mol. The normalized spacial score (nSPS) is 24.6. The highest BCUT2D eigenvalue weighted by atomic mass is 79.9. The van der Waals surface area contributed by atoms with Gasteiger partial charge in [-0.1, -0.05) is 68.3 Å². The van der Waals surface area contributed by atoms with E-state index in [1.54, 1.807) is 60.7 Å². The van der Waals surface area contributed by atoms with Gasteiger partial charge in [0.25, 0.3) is 5.91 Å². The van der Waals surface area contributed by atoms with E-state index in [1.807, 2.05) is 0 Å². The van der Waals surface area contributed by atoms with Crippen LogP contribution in [0.4, 0.5) is 0 Å². The van der Waals surface area contributed by atoms with Crippen molar-refractivity contribution in [2.45, 2.75) is 33.2 Å². The van der Waals surface area contributed by atoms with Crippen molar-refractivity contribution in [1.29, 1.82) is 0 Å². The van der Waals surface area contributed by atoms with Gasteiger partial charge < -0.3 is 13.9 Å².